The van der Waals surface area contributed by atoms with Gasteiger partial charge in [0.15, 0.2) is 0 Å². The van der Waals surface area contributed by atoms with Gasteiger partial charge in [-0.05, 0) is 46.4 Å². The van der Waals surface area contributed by atoms with Gasteiger partial charge in [0.25, 0.3) is 0 Å². The molecule has 0 unspecified atom stereocenters. The Morgan fingerprint density at radius 1 is 1.00 bits per heavy atom. The van der Waals surface area contributed by atoms with E-state index in [2.05, 4.69) is 46.9 Å². The first-order chi connectivity index (χ1) is 7.31. The molecular formula is C13H11IO. The lowest BCUT2D eigenvalue weighted by atomic mass is 10.1. The molecule has 2 heteroatoms. The smallest absolute Gasteiger partial charge is 0.127 e. The number of methoxy groups -OCH3 is 1. The summed E-state index contributed by atoms with van der Waals surface area (Å²) in [6.07, 6.45) is 0. The summed E-state index contributed by atoms with van der Waals surface area (Å²) >= 11 is 2.28. The van der Waals surface area contributed by atoms with Crippen LogP contribution in [0.1, 0.15) is 0 Å². The molecule has 0 radical (unpaired) electrons. The quantitative estimate of drug-likeness (QED) is 0.763. The van der Waals surface area contributed by atoms with Gasteiger partial charge in [0.2, 0.25) is 0 Å². The second-order valence-electron chi connectivity index (χ2n) is 3.21. The standard InChI is InChI=1S/C13H11IO/c1-15-13-9-11(14)7-8-12(13)10-5-3-2-4-6-10/h2-9H,1H3. The van der Waals surface area contributed by atoms with E-state index in [1.54, 1.807) is 7.11 Å². The number of rotatable bonds is 2. The highest BCUT2D eigenvalue weighted by Gasteiger charge is 2.04. The maximum atomic E-state index is 5.38. The molecule has 0 aliphatic carbocycles. The highest BCUT2D eigenvalue weighted by Crippen LogP contribution is 2.30. The zero-order valence-electron chi connectivity index (χ0n) is 8.41. The fraction of sp³-hybridized carbons (Fsp3) is 0.0769. The van der Waals surface area contributed by atoms with E-state index in [-0.39, 0.29) is 0 Å². The lowest BCUT2D eigenvalue weighted by molar-refractivity contribution is 0.416. The van der Waals surface area contributed by atoms with E-state index in [4.69, 9.17) is 4.74 Å². The average molecular weight is 310 g/mol. The van der Waals surface area contributed by atoms with Gasteiger partial charge in [-0.25, -0.2) is 0 Å². The van der Waals surface area contributed by atoms with Crippen LogP contribution in [0, 0.1) is 3.57 Å². The summed E-state index contributed by atoms with van der Waals surface area (Å²) in [6.45, 7) is 0. The average Bonchev–Trinajstić information content (AvgIpc) is 2.30. The van der Waals surface area contributed by atoms with Crippen LogP contribution in [-0.2, 0) is 0 Å². The molecule has 0 bridgehead atoms. The van der Waals surface area contributed by atoms with E-state index in [9.17, 15) is 0 Å². The largest absolute Gasteiger partial charge is 0.496 e. The summed E-state index contributed by atoms with van der Waals surface area (Å²) in [5, 5.41) is 0. The molecule has 0 atom stereocenters. The highest BCUT2D eigenvalue weighted by molar-refractivity contribution is 14.1. The van der Waals surface area contributed by atoms with Gasteiger partial charge in [0.1, 0.15) is 5.75 Å². The van der Waals surface area contributed by atoms with Gasteiger partial charge in [-0.15, -0.1) is 0 Å². The minimum Gasteiger partial charge on any atom is -0.496 e. The molecular weight excluding hydrogens is 299 g/mol. The number of ether oxygens (including phenoxy) is 1. The Labute approximate surface area is 103 Å². The van der Waals surface area contributed by atoms with Gasteiger partial charge in [-0.2, -0.15) is 0 Å². The van der Waals surface area contributed by atoms with Gasteiger partial charge in [0.05, 0.1) is 7.11 Å². The Bertz CT molecular complexity index is 451. The van der Waals surface area contributed by atoms with E-state index < -0.39 is 0 Å². The van der Waals surface area contributed by atoms with E-state index >= 15 is 0 Å². The molecule has 1 nitrogen and oxygen atoms in total. The van der Waals surface area contributed by atoms with Crippen LogP contribution in [-0.4, -0.2) is 7.11 Å². The van der Waals surface area contributed by atoms with Gasteiger partial charge >= 0.3 is 0 Å². The minimum absolute atomic E-state index is 0.924. The second kappa shape index (κ2) is 4.66. The van der Waals surface area contributed by atoms with Crippen molar-refractivity contribution in [1.82, 2.24) is 0 Å². The first kappa shape index (κ1) is 10.5. The summed E-state index contributed by atoms with van der Waals surface area (Å²) in [5.41, 5.74) is 2.32. The van der Waals surface area contributed by atoms with Crippen LogP contribution >= 0.6 is 22.6 Å². The first-order valence-electron chi connectivity index (χ1n) is 4.70. The molecule has 2 aromatic rings. The summed E-state index contributed by atoms with van der Waals surface area (Å²) in [5.74, 6) is 0.924. The Balaban J connectivity index is 2.53. The maximum Gasteiger partial charge on any atom is 0.127 e. The zero-order valence-corrected chi connectivity index (χ0v) is 10.6. The van der Waals surface area contributed by atoms with Gasteiger partial charge in [0, 0.05) is 9.13 Å². The highest BCUT2D eigenvalue weighted by atomic mass is 127. The molecule has 0 saturated carbocycles. The number of hydrogen-bond acceptors (Lipinski definition) is 1. The molecule has 0 spiro atoms. The molecule has 0 heterocycles. The third-order valence-electron chi connectivity index (χ3n) is 2.25. The van der Waals surface area contributed by atoms with E-state index in [0.717, 1.165) is 11.3 Å². The normalized spacial score (nSPS) is 10.0. The second-order valence-corrected chi connectivity index (χ2v) is 4.46. The molecule has 0 aliphatic rings. The van der Waals surface area contributed by atoms with Crippen molar-refractivity contribution in [2.75, 3.05) is 7.11 Å². The molecule has 15 heavy (non-hydrogen) atoms. The molecule has 0 fully saturated rings. The fourth-order valence-electron chi connectivity index (χ4n) is 1.52. The van der Waals surface area contributed by atoms with Crippen LogP contribution in [0.4, 0.5) is 0 Å². The predicted octanol–water partition coefficient (Wildman–Crippen LogP) is 3.97. The van der Waals surface area contributed by atoms with Crippen molar-refractivity contribution in [2.45, 2.75) is 0 Å². The van der Waals surface area contributed by atoms with Gasteiger partial charge in [-0.1, -0.05) is 30.3 Å². The molecule has 2 aromatic carbocycles. The molecule has 0 aliphatic heterocycles. The van der Waals surface area contributed by atoms with Crippen molar-refractivity contribution >= 4 is 22.6 Å². The van der Waals surface area contributed by atoms with Crippen molar-refractivity contribution in [3.8, 4) is 16.9 Å². The van der Waals surface area contributed by atoms with Crippen LogP contribution in [0.25, 0.3) is 11.1 Å². The predicted molar refractivity (Wildman–Crippen MR) is 71.1 cm³/mol. The van der Waals surface area contributed by atoms with Crippen molar-refractivity contribution in [1.29, 1.82) is 0 Å². The fourth-order valence-corrected chi connectivity index (χ4v) is 1.98. The zero-order chi connectivity index (χ0) is 10.7. The molecule has 2 rings (SSSR count). The first-order valence-corrected chi connectivity index (χ1v) is 5.78. The molecule has 0 aromatic heterocycles. The maximum absolute atomic E-state index is 5.38. The van der Waals surface area contributed by atoms with Crippen molar-refractivity contribution < 1.29 is 4.74 Å². The van der Waals surface area contributed by atoms with Crippen molar-refractivity contribution in [3.05, 3.63) is 52.1 Å². The Hall–Kier alpha value is -1.03. The van der Waals surface area contributed by atoms with Crippen LogP contribution in [0.15, 0.2) is 48.5 Å². The van der Waals surface area contributed by atoms with Crippen LogP contribution in [0.3, 0.4) is 0 Å². The SMILES string of the molecule is COc1cc(I)ccc1-c1ccccc1. The minimum atomic E-state index is 0.924. The van der Waals surface area contributed by atoms with E-state index in [1.807, 2.05) is 24.3 Å². The van der Waals surface area contributed by atoms with Gasteiger partial charge < -0.3 is 4.74 Å². The van der Waals surface area contributed by atoms with Crippen LogP contribution in [0.5, 0.6) is 5.75 Å². The Morgan fingerprint density at radius 3 is 2.40 bits per heavy atom. The molecule has 0 saturated heterocycles. The Morgan fingerprint density at radius 2 is 1.73 bits per heavy atom. The number of halogens is 1. The lowest BCUT2D eigenvalue weighted by Crippen LogP contribution is -1.88. The summed E-state index contributed by atoms with van der Waals surface area (Å²) in [4.78, 5) is 0. The number of benzene rings is 2. The van der Waals surface area contributed by atoms with Crippen LogP contribution < -0.4 is 4.74 Å². The lowest BCUT2D eigenvalue weighted by Gasteiger charge is -2.08. The van der Waals surface area contributed by atoms with Crippen LogP contribution in [0.2, 0.25) is 0 Å². The van der Waals surface area contributed by atoms with E-state index in [0.29, 0.717) is 0 Å². The third kappa shape index (κ3) is 2.31. The summed E-state index contributed by atoms with van der Waals surface area (Å²) < 4.78 is 6.56. The number of hydrogen-bond donors (Lipinski definition) is 0. The monoisotopic (exact) mass is 310 g/mol. The summed E-state index contributed by atoms with van der Waals surface area (Å²) in [6, 6.07) is 16.5. The molecule has 0 amide bonds. The third-order valence-corrected chi connectivity index (χ3v) is 2.92. The summed E-state index contributed by atoms with van der Waals surface area (Å²) in [7, 11) is 1.71. The van der Waals surface area contributed by atoms with E-state index in [1.165, 1.54) is 9.13 Å². The van der Waals surface area contributed by atoms with Crippen molar-refractivity contribution in [2.24, 2.45) is 0 Å². The van der Waals surface area contributed by atoms with Gasteiger partial charge in [-0.3, -0.25) is 0 Å². The Kier molecular flexibility index (Phi) is 3.26. The van der Waals surface area contributed by atoms with Crippen molar-refractivity contribution in [3.63, 3.8) is 0 Å². The topological polar surface area (TPSA) is 9.23 Å². The molecule has 0 N–H and O–H groups in total. The molecule has 76 valence electrons.